The molecule has 0 amide bonds. The van der Waals surface area contributed by atoms with Crippen LogP contribution >= 0.6 is 0 Å². The van der Waals surface area contributed by atoms with Gasteiger partial charge in [0.05, 0.1) is 31.5 Å². The van der Waals surface area contributed by atoms with E-state index < -0.39 is 8.32 Å². The van der Waals surface area contributed by atoms with E-state index in [0.29, 0.717) is 6.61 Å². The summed E-state index contributed by atoms with van der Waals surface area (Å²) in [5, 5.41) is 9.58. The van der Waals surface area contributed by atoms with E-state index in [2.05, 4.69) is 40.8 Å². The molecular weight excluding hydrogens is 272 g/mol. The second-order valence-electron chi connectivity index (χ2n) is 7.77. The fourth-order valence-electron chi connectivity index (χ4n) is 2.68. The quantitative estimate of drug-likeness (QED) is 0.811. The van der Waals surface area contributed by atoms with Crippen molar-refractivity contribution in [2.75, 3.05) is 13.2 Å². The van der Waals surface area contributed by atoms with E-state index in [-0.39, 0.29) is 42.0 Å². The normalized spacial score (nSPS) is 38.2. The number of hydrogen-bond acceptors (Lipinski definition) is 4. The molecule has 5 heteroatoms. The van der Waals surface area contributed by atoms with Gasteiger partial charge in [-0.05, 0) is 18.1 Å². The first-order valence-electron chi connectivity index (χ1n) is 7.71. The summed E-state index contributed by atoms with van der Waals surface area (Å²) >= 11 is 0. The number of fused-ring (bicyclic) bond motifs is 2. The summed E-state index contributed by atoms with van der Waals surface area (Å²) in [5.74, 6) is 0.258. The molecule has 118 valence electrons. The standard InChI is InChI=1S/C15H30O4Si/c1-10-11-7-12(19-13(10)8-16)14(18-11)9-17-20(5,6)15(2,3)4/h10-14,16H,7-9H2,1-6H3/t10-,11-,12-,13+,14-/m1/s1. The highest BCUT2D eigenvalue weighted by atomic mass is 28.4. The lowest BCUT2D eigenvalue weighted by Gasteiger charge is -2.37. The molecule has 2 aliphatic heterocycles. The smallest absolute Gasteiger partial charge is 0.192 e. The molecule has 0 aromatic rings. The topological polar surface area (TPSA) is 47.9 Å². The minimum atomic E-state index is -1.74. The number of ether oxygens (including phenoxy) is 2. The second-order valence-corrected chi connectivity index (χ2v) is 12.6. The van der Waals surface area contributed by atoms with Crippen LogP contribution in [0.4, 0.5) is 0 Å². The van der Waals surface area contributed by atoms with Gasteiger partial charge in [0.2, 0.25) is 0 Å². The van der Waals surface area contributed by atoms with Crippen molar-refractivity contribution in [2.24, 2.45) is 5.92 Å². The largest absolute Gasteiger partial charge is 0.414 e. The zero-order valence-electron chi connectivity index (χ0n) is 13.7. The van der Waals surface area contributed by atoms with Crippen LogP contribution in [0.1, 0.15) is 34.1 Å². The van der Waals surface area contributed by atoms with Crippen molar-refractivity contribution in [3.63, 3.8) is 0 Å². The average Bonchev–Trinajstić information content (AvgIpc) is 2.69. The maximum atomic E-state index is 9.37. The number of hydrogen-bond donors (Lipinski definition) is 1. The zero-order chi connectivity index (χ0) is 15.1. The van der Waals surface area contributed by atoms with E-state index >= 15 is 0 Å². The molecule has 4 nitrogen and oxygen atoms in total. The van der Waals surface area contributed by atoms with Crippen LogP contribution in [0.3, 0.4) is 0 Å². The van der Waals surface area contributed by atoms with Crippen molar-refractivity contribution >= 4 is 8.32 Å². The summed E-state index contributed by atoms with van der Waals surface area (Å²) < 4.78 is 18.3. The first kappa shape index (κ1) is 16.4. The Hall–Kier alpha value is 0.0569. The van der Waals surface area contributed by atoms with Gasteiger partial charge in [-0.25, -0.2) is 0 Å². The summed E-state index contributed by atoms with van der Waals surface area (Å²) in [5.41, 5.74) is 0. The van der Waals surface area contributed by atoms with Crippen LogP contribution in [-0.2, 0) is 13.9 Å². The number of aliphatic hydroxyl groups excluding tert-OH is 1. The van der Waals surface area contributed by atoms with E-state index in [1.807, 2.05) is 0 Å². The molecule has 2 heterocycles. The van der Waals surface area contributed by atoms with E-state index in [1.165, 1.54) is 0 Å². The van der Waals surface area contributed by atoms with Crippen LogP contribution in [0.25, 0.3) is 0 Å². The van der Waals surface area contributed by atoms with Crippen molar-refractivity contribution in [3.8, 4) is 0 Å². The van der Waals surface area contributed by atoms with Gasteiger partial charge in [0, 0.05) is 12.3 Å². The third-order valence-corrected chi connectivity index (χ3v) is 9.85. The van der Waals surface area contributed by atoms with Gasteiger partial charge in [-0.2, -0.15) is 0 Å². The molecule has 20 heavy (non-hydrogen) atoms. The Kier molecular flexibility index (Phi) is 4.67. The first-order chi connectivity index (χ1) is 9.15. The predicted octanol–water partition coefficient (Wildman–Crippen LogP) is 2.56. The molecule has 2 aliphatic rings. The van der Waals surface area contributed by atoms with Crippen LogP contribution in [0.2, 0.25) is 18.1 Å². The highest BCUT2D eigenvalue weighted by Gasteiger charge is 2.48. The van der Waals surface area contributed by atoms with Crippen molar-refractivity contribution < 1.29 is 19.0 Å². The monoisotopic (exact) mass is 302 g/mol. The minimum absolute atomic E-state index is 0.0214. The maximum absolute atomic E-state index is 9.37. The Labute approximate surface area is 123 Å². The molecule has 2 rings (SSSR count). The molecule has 2 bridgehead atoms. The Morgan fingerprint density at radius 2 is 1.75 bits per heavy atom. The molecule has 0 unspecified atom stereocenters. The molecule has 1 N–H and O–H groups in total. The zero-order valence-corrected chi connectivity index (χ0v) is 14.7. The molecule has 0 radical (unpaired) electrons. The van der Waals surface area contributed by atoms with Crippen molar-refractivity contribution in [1.29, 1.82) is 0 Å². The molecule has 2 fully saturated rings. The average molecular weight is 302 g/mol. The lowest BCUT2D eigenvalue weighted by atomic mass is 9.92. The SMILES string of the molecule is C[C@H]1[C@H](CO)O[C@@H]2C[C@H]1O[C@@H]2CO[Si](C)(C)C(C)(C)C. The minimum Gasteiger partial charge on any atom is -0.414 e. The van der Waals surface area contributed by atoms with Gasteiger partial charge in [0.25, 0.3) is 0 Å². The molecule has 0 spiro atoms. The van der Waals surface area contributed by atoms with Gasteiger partial charge in [0.15, 0.2) is 8.32 Å². The summed E-state index contributed by atoms with van der Waals surface area (Å²) in [6.45, 7) is 14.0. The lowest BCUT2D eigenvalue weighted by Crippen LogP contribution is -2.45. The molecule has 2 saturated heterocycles. The Balaban J connectivity index is 1.93. The van der Waals surface area contributed by atoms with Gasteiger partial charge in [-0.15, -0.1) is 0 Å². The van der Waals surface area contributed by atoms with E-state index in [9.17, 15) is 5.11 Å². The van der Waals surface area contributed by atoms with Crippen LogP contribution < -0.4 is 0 Å². The number of rotatable bonds is 4. The predicted molar refractivity (Wildman–Crippen MR) is 81.3 cm³/mol. The Morgan fingerprint density at radius 1 is 1.15 bits per heavy atom. The maximum Gasteiger partial charge on any atom is 0.192 e. The molecule has 0 aromatic heterocycles. The summed E-state index contributed by atoms with van der Waals surface area (Å²) in [4.78, 5) is 0. The Bertz CT molecular complexity index is 339. The summed E-state index contributed by atoms with van der Waals surface area (Å²) in [6, 6.07) is 0. The molecule has 5 atom stereocenters. The third-order valence-electron chi connectivity index (χ3n) is 5.35. The summed E-state index contributed by atoms with van der Waals surface area (Å²) in [7, 11) is -1.74. The molecule has 0 aliphatic carbocycles. The van der Waals surface area contributed by atoms with Crippen molar-refractivity contribution in [2.45, 2.75) is 76.7 Å². The van der Waals surface area contributed by atoms with Crippen molar-refractivity contribution in [1.82, 2.24) is 0 Å². The first-order valence-corrected chi connectivity index (χ1v) is 10.6. The molecule has 0 saturated carbocycles. The van der Waals surface area contributed by atoms with Gasteiger partial charge in [0.1, 0.15) is 6.10 Å². The van der Waals surface area contributed by atoms with Crippen LogP contribution in [-0.4, -0.2) is 51.1 Å². The Morgan fingerprint density at radius 3 is 2.30 bits per heavy atom. The fraction of sp³-hybridized carbons (Fsp3) is 1.00. The molecular formula is C15H30O4Si. The van der Waals surface area contributed by atoms with E-state index in [1.54, 1.807) is 0 Å². The lowest BCUT2D eigenvalue weighted by molar-refractivity contribution is -0.0917. The van der Waals surface area contributed by atoms with E-state index in [0.717, 1.165) is 6.42 Å². The van der Waals surface area contributed by atoms with Crippen LogP contribution in [0, 0.1) is 5.92 Å². The highest BCUT2D eigenvalue weighted by molar-refractivity contribution is 6.74. The molecule has 0 aromatic carbocycles. The van der Waals surface area contributed by atoms with Gasteiger partial charge in [-0.3, -0.25) is 0 Å². The highest BCUT2D eigenvalue weighted by Crippen LogP contribution is 2.40. The summed E-state index contributed by atoms with van der Waals surface area (Å²) in [6.07, 6.45) is 1.16. The second kappa shape index (κ2) is 5.69. The van der Waals surface area contributed by atoms with Gasteiger partial charge in [-0.1, -0.05) is 27.7 Å². The van der Waals surface area contributed by atoms with Gasteiger partial charge < -0.3 is 19.0 Å². The fourth-order valence-corrected chi connectivity index (χ4v) is 3.69. The third kappa shape index (κ3) is 3.12. The van der Waals surface area contributed by atoms with E-state index in [4.69, 9.17) is 13.9 Å². The number of aliphatic hydroxyl groups is 1. The van der Waals surface area contributed by atoms with Crippen LogP contribution in [0.5, 0.6) is 0 Å². The van der Waals surface area contributed by atoms with Crippen molar-refractivity contribution in [3.05, 3.63) is 0 Å². The van der Waals surface area contributed by atoms with Crippen LogP contribution in [0.15, 0.2) is 0 Å². The van der Waals surface area contributed by atoms with Gasteiger partial charge >= 0.3 is 0 Å².